The summed E-state index contributed by atoms with van der Waals surface area (Å²) in [6, 6.07) is 5.66. The Labute approximate surface area is 191 Å². The molecule has 2 heterocycles. The maximum Gasteiger partial charge on any atom is 0.417 e. The van der Waals surface area contributed by atoms with Crippen LogP contribution in [0.4, 0.5) is 18.9 Å². The molecule has 33 heavy (non-hydrogen) atoms. The normalized spacial score (nSPS) is 22.3. The van der Waals surface area contributed by atoms with E-state index in [1.54, 1.807) is 17.0 Å². The van der Waals surface area contributed by atoms with Gasteiger partial charge >= 0.3 is 6.18 Å². The van der Waals surface area contributed by atoms with Crippen LogP contribution in [0, 0.1) is 22.7 Å². The van der Waals surface area contributed by atoms with E-state index < -0.39 is 17.3 Å². The summed E-state index contributed by atoms with van der Waals surface area (Å²) >= 11 is 0. The van der Waals surface area contributed by atoms with E-state index in [9.17, 15) is 22.8 Å². The van der Waals surface area contributed by atoms with Crippen LogP contribution in [-0.2, 0) is 15.8 Å². The summed E-state index contributed by atoms with van der Waals surface area (Å²) < 4.78 is 40.2. The second-order valence-corrected chi connectivity index (χ2v) is 9.55. The first-order valence-electron chi connectivity index (χ1n) is 11.6. The molecule has 2 saturated heterocycles. The molecule has 0 aromatic heterocycles. The fraction of sp³-hybridized carbons (Fsp3) is 0.625. The molecule has 2 amide bonds. The summed E-state index contributed by atoms with van der Waals surface area (Å²) in [7, 11) is 0. The lowest BCUT2D eigenvalue weighted by molar-refractivity contribution is -0.137. The summed E-state index contributed by atoms with van der Waals surface area (Å²) in [4.78, 5) is 29.3. The van der Waals surface area contributed by atoms with E-state index in [4.69, 9.17) is 5.26 Å². The number of hydrogen-bond donors (Lipinski definition) is 1. The highest BCUT2D eigenvalue weighted by atomic mass is 19.4. The molecule has 1 saturated carbocycles. The van der Waals surface area contributed by atoms with E-state index in [1.165, 1.54) is 6.07 Å². The fourth-order valence-corrected chi connectivity index (χ4v) is 5.20. The lowest BCUT2D eigenvalue weighted by Crippen LogP contribution is -2.48. The van der Waals surface area contributed by atoms with Gasteiger partial charge in [0.1, 0.15) is 0 Å². The van der Waals surface area contributed by atoms with Crippen LogP contribution >= 0.6 is 0 Å². The van der Waals surface area contributed by atoms with Crippen molar-refractivity contribution in [1.82, 2.24) is 10.2 Å². The molecule has 178 valence electrons. The number of nitrogens with one attached hydrogen (secondary N) is 1. The predicted octanol–water partition coefficient (Wildman–Crippen LogP) is 3.70. The quantitative estimate of drug-likeness (QED) is 0.724. The SMILES string of the molecule is CCCC(=O)N1CC(C(=O)NC2CC2)C2(CCN(c3ccc(C#N)c(C(F)(F)F)c3)CC2)C1. The Balaban J connectivity index is 1.52. The third kappa shape index (κ3) is 4.80. The van der Waals surface area contributed by atoms with Gasteiger partial charge in [-0.15, -0.1) is 0 Å². The van der Waals surface area contributed by atoms with Gasteiger partial charge in [0.25, 0.3) is 0 Å². The van der Waals surface area contributed by atoms with Gasteiger partial charge in [0.05, 0.1) is 23.1 Å². The first kappa shape index (κ1) is 23.4. The van der Waals surface area contributed by atoms with Crippen LogP contribution in [0.3, 0.4) is 0 Å². The number of hydrogen-bond acceptors (Lipinski definition) is 4. The number of alkyl halides is 3. The molecule has 1 atom stereocenters. The van der Waals surface area contributed by atoms with Crippen molar-refractivity contribution in [3.8, 4) is 6.07 Å². The van der Waals surface area contributed by atoms with Crippen LogP contribution in [0.2, 0.25) is 0 Å². The van der Waals surface area contributed by atoms with E-state index in [0.29, 0.717) is 51.1 Å². The molecule has 1 spiro atoms. The van der Waals surface area contributed by atoms with Gasteiger partial charge in [0.15, 0.2) is 0 Å². The number of benzene rings is 1. The molecule has 1 unspecified atom stereocenters. The fourth-order valence-electron chi connectivity index (χ4n) is 5.20. The zero-order valence-corrected chi connectivity index (χ0v) is 18.7. The average Bonchev–Trinajstić information content (AvgIpc) is 3.52. The van der Waals surface area contributed by atoms with Crippen molar-refractivity contribution in [3.05, 3.63) is 29.3 Å². The number of rotatable bonds is 5. The number of piperidine rings is 1. The standard InChI is InChI=1S/C24H29F3N4O2/c1-2-3-21(32)31-14-20(22(33)29-17-5-6-17)23(15-31)8-10-30(11-9-23)18-7-4-16(13-28)19(12-18)24(25,26)27/h4,7,12,17,20H,2-3,5-6,8-11,14-15H2,1H3,(H,29,33). The zero-order valence-electron chi connectivity index (χ0n) is 18.7. The van der Waals surface area contributed by atoms with Crippen molar-refractivity contribution in [2.24, 2.45) is 11.3 Å². The largest absolute Gasteiger partial charge is 0.417 e. The van der Waals surface area contributed by atoms with Crippen LogP contribution < -0.4 is 10.2 Å². The minimum absolute atomic E-state index is 0.00419. The molecule has 1 aliphatic carbocycles. The van der Waals surface area contributed by atoms with E-state index in [2.05, 4.69) is 5.32 Å². The summed E-state index contributed by atoms with van der Waals surface area (Å²) in [6.07, 6.45) is -0.203. The molecule has 4 rings (SSSR count). The summed E-state index contributed by atoms with van der Waals surface area (Å²) in [5.74, 6) is -0.244. The van der Waals surface area contributed by atoms with E-state index in [-0.39, 0.29) is 29.2 Å². The Hall–Kier alpha value is -2.76. The van der Waals surface area contributed by atoms with Gasteiger partial charge in [0, 0.05) is 49.7 Å². The van der Waals surface area contributed by atoms with Crippen LogP contribution in [0.1, 0.15) is 56.6 Å². The highest BCUT2D eigenvalue weighted by Gasteiger charge is 2.52. The van der Waals surface area contributed by atoms with Gasteiger partial charge in [0.2, 0.25) is 11.8 Å². The summed E-state index contributed by atoms with van der Waals surface area (Å²) in [5, 5.41) is 12.1. The number of anilines is 1. The van der Waals surface area contributed by atoms with Gasteiger partial charge < -0.3 is 15.1 Å². The minimum atomic E-state index is -4.60. The molecule has 6 nitrogen and oxygen atoms in total. The monoisotopic (exact) mass is 462 g/mol. The highest BCUT2D eigenvalue weighted by molar-refractivity contribution is 5.83. The van der Waals surface area contributed by atoms with Crippen molar-refractivity contribution in [1.29, 1.82) is 5.26 Å². The van der Waals surface area contributed by atoms with Crippen LogP contribution in [0.5, 0.6) is 0 Å². The first-order chi connectivity index (χ1) is 15.7. The molecular weight excluding hydrogens is 433 g/mol. The topological polar surface area (TPSA) is 76.4 Å². The number of amides is 2. The number of carbonyl (C=O) groups is 2. The molecule has 9 heteroatoms. The van der Waals surface area contributed by atoms with Gasteiger partial charge in [-0.05, 0) is 50.3 Å². The molecule has 1 aromatic carbocycles. The smallest absolute Gasteiger partial charge is 0.371 e. The lowest BCUT2D eigenvalue weighted by atomic mass is 9.70. The Kier molecular flexibility index (Phi) is 6.30. The van der Waals surface area contributed by atoms with E-state index in [1.807, 2.05) is 11.8 Å². The van der Waals surface area contributed by atoms with Gasteiger partial charge in [-0.3, -0.25) is 9.59 Å². The molecule has 2 aliphatic heterocycles. The number of carbonyl (C=O) groups excluding carboxylic acids is 2. The van der Waals surface area contributed by atoms with Crippen LogP contribution in [-0.4, -0.2) is 48.9 Å². The Bertz CT molecular complexity index is 959. The Morgan fingerprint density at radius 3 is 2.52 bits per heavy atom. The van der Waals surface area contributed by atoms with E-state index in [0.717, 1.165) is 25.3 Å². The first-order valence-corrected chi connectivity index (χ1v) is 11.6. The molecular formula is C24H29F3N4O2. The van der Waals surface area contributed by atoms with Crippen molar-refractivity contribution >= 4 is 17.5 Å². The Morgan fingerprint density at radius 1 is 1.24 bits per heavy atom. The predicted molar refractivity (Wildman–Crippen MR) is 116 cm³/mol. The zero-order chi connectivity index (χ0) is 23.8. The molecule has 0 radical (unpaired) electrons. The van der Waals surface area contributed by atoms with Crippen molar-refractivity contribution < 1.29 is 22.8 Å². The number of nitriles is 1. The van der Waals surface area contributed by atoms with E-state index >= 15 is 0 Å². The number of halogens is 3. The lowest BCUT2D eigenvalue weighted by Gasteiger charge is -2.43. The molecule has 1 N–H and O–H groups in total. The summed E-state index contributed by atoms with van der Waals surface area (Å²) in [5.41, 5.74) is -1.26. The third-order valence-corrected chi connectivity index (χ3v) is 7.26. The highest BCUT2D eigenvalue weighted by Crippen LogP contribution is 2.46. The van der Waals surface area contributed by atoms with Crippen molar-refractivity contribution in [3.63, 3.8) is 0 Å². The average molecular weight is 463 g/mol. The van der Waals surface area contributed by atoms with Crippen LogP contribution in [0.15, 0.2) is 18.2 Å². The molecule has 1 aromatic rings. The van der Waals surface area contributed by atoms with Crippen LogP contribution in [0.25, 0.3) is 0 Å². The van der Waals surface area contributed by atoms with Crippen molar-refractivity contribution in [2.75, 3.05) is 31.1 Å². The molecule has 3 fully saturated rings. The van der Waals surface area contributed by atoms with Gasteiger partial charge in [-0.1, -0.05) is 6.92 Å². The summed E-state index contributed by atoms with van der Waals surface area (Å²) in [6.45, 7) is 3.86. The maximum absolute atomic E-state index is 13.4. The van der Waals surface area contributed by atoms with Gasteiger partial charge in [-0.25, -0.2) is 0 Å². The Morgan fingerprint density at radius 2 is 1.94 bits per heavy atom. The van der Waals surface area contributed by atoms with Crippen molar-refractivity contribution in [2.45, 2.75) is 57.7 Å². The third-order valence-electron chi connectivity index (χ3n) is 7.26. The number of nitrogens with zero attached hydrogens (tertiary/aromatic N) is 3. The van der Waals surface area contributed by atoms with Gasteiger partial charge in [-0.2, -0.15) is 18.4 Å². The minimum Gasteiger partial charge on any atom is -0.371 e. The maximum atomic E-state index is 13.4. The second-order valence-electron chi connectivity index (χ2n) is 9.55. The number of likely N-dealkylation sites (tertiary alicyclic amines) is 1. The molecule has 3 aliphatic rings. The molecule has 0 bridgehead atoms. The second kappa shape index (κ2) is 8.88.